The molecular formula is C32H38N2O3. The van der Waals surface area contributed by atoms with E-state index in [0.29, 0.717) is 12.8 Å². The minimum Gasteiger partial charge on any atom is -0.388 e. The summed E-state index contributed by atoms with van der Waals surface area (Å²) in [7, 11) is 0. The van der Waals surface area contributed by atoms with Crippen LogP contribution in [-0.4, -0.2) is 33.9 Å². The van der Waals surface area contributed by atoms with Crippen molar-refractivity contribution >= 4 is 22.6 Å². The molecule has 2 aromatic rings. The maximum absolute atomic E-state index is 14.1. The van der Waals surface area contributed by atoms with E-state index in [2.05, 4.69) is 67.5 Å². The highest BCUT2D eigenvalue weighted by molar-refractivity contribution is 6.13. The fourth-order valence-corrected chi connectivity index (χ4v) is 6.87. The molecule has 37 heavy (non-hydrogen) atoms. The van der Waals surface area contributed by atoms with Crippen LogP contribution in [0.4, 0.5) is 0 Å². The van der Waals surface area contributed by atoms with E-state index < -0.39 is 11.5 Å². The van der Waals surface area contributed by atoms with Crippen LogP contribution in [0.2, 0.25) is 0 Å². The zero-order valence-corrected chi connectivity index (χ0v) is 22.2. The van der Waals surface area contributed by atoms with Gasteiger partial charge in [0.2, 0.25) is 5.91 Å². The summed E-state index contributed by atoms with van der Waals surface area (Å²) < 4.78 is 0. The molecule has 2 aliphatic carbocycles. The van der Waals surface area contributed by atoms with Gasteiger partial charge in [0.1, 0.15) is 5.41 Å². The van der Waals surface area contributed by atoms with E-state index in [-0.39, 0.29) is 41.4 Å². The van der Waals surface area contributed by atoms with Gasteiger partial charge in [-0.3, -0.25) is 9.59 Å². The van der Waals surface area contributed by atoms with Gasteiger partial charge in [-0.1, -0.05) is 68.0 Å². The Morgan fingerprint density at radius 1 is 1.03 bits per heavy atom. The number of ketones is 1. The molecule has 5 heteroatoms. The second-order valence-corrected chi connectivity index (χ2v) is 11.3. The third kappa shape index (κ3) is 4.33. The molecule has 7 atom stereocenters. The van der Waals surface area contributed by atoms with Gasteiger partial charge in [-0.15, -0.1) is 0 Å². The average Bonchev–Trinajstić information content (AvgIpc) is 3.40. The molecule has 3 aliphatic rings. The first-order chi connectivity index (χ1) is 17.7. The van der Waals surface area contributed by atoms with Crippen molar-refractivity contribution < 1.29 is 14.7 Å². The van der Waals surface area contributed by atoms with Crippen molar-refractivity contribution in [1.29, 1.82) is 0 Å². The van der Waals surface area contributed by atoms with Gasteiger partial charge in [0.05, 0.1) is 6.10 Å². The Labute approximate surface area is 219 Å². The van der Waals surface area contributed by atoms with Gasteiger partial charge in [-0.2, -0.15) is 0 Å². The number of hydrogen-bond acceptors (Lipinski definition) is 3. The average molecular weight is 499 g/mol. The van der Waals surface area contributed by atoms with Crippen LogP contribution in [0.1, 0.15) is 46.1 Å². The van der Waals surface area contributed by atoms with E-state index in [4.69, 9.17) is 0 Å². The summed E-state index contributed by atoms with van der Waals surface area (Å²) in [5, 5.41) is 15.0. The summed E-state index contributed by atoms with van der Waals surface area (Å²) in [6, 6.07) is 8.03. The molecule has 0 unspecified atom stereocenters. The molecule has 5 rings (SSSR count). The molecule has 194 valence electrons. The molecule has 1 spiro atoms. The molecule has 0 bridgehead atoms. The molecule has 1 aliphatic heterocycles. The highest BCUT2D eigenvalue weighted by Crippen LogP contribution is 2.54. The first-order valence-corrected chi connectivity index (χ1v) is 13.5. The molecule has 1 fully saturated rings. The lowest BCUT2D eigenvalue weighted by atomic mass is 9.55. The Morgan fingerprint density at radius 2 is 1.81 bits per heavy atom. The van der Waals surface area contributed by atoms with Crippen LogP contribution in [0.5, 0.6) is 0 Å². The van der Waals surface area contributed by atoms with Gasteiger partial charge < -0.3 is 15.4 Å². The van der Waals surface area contributed by atoms with Gasteiger partial charge in [-0.25, -0.2) is 0 Å². The number of amides is 1. The highest BCUT2D eigenvalue weighted by atomic mass is 16.3. The predicted molar refractivity (Wildman–Crippen MR) is 148 cm³/mol. The number of aliphatic hydroxyl groups excluding tert-OH is 1. The number of H-pyrrole nitrogens is 1. The minimum absolute atomic E-state index is 0.0697. The van der Waals surface area contributed by atoms with Crippen LogP contribution in [0, 0.1) is 29.1 Å². The van der Waals surface area contributed by atoms with E-state index in [0.717, 1.165) is 28.5 Å². The van der Waals surface area contributed by atoms with Gasteiger partial charge in [-0.05, 0) is 68.2 Å². The summed E-state index contributed by atoms with van der Waals surface area (Å²) in [5.41, 5.74) is 3.15. The van der Waals surface area contributed by atoms with Gasteiger partial charge >= 0.3 is 0 Å². The van der Waals surface area contributed by atoms with Crippen LogP contribution in [0.15, 0.2) is 78.1 Å². The second-order valence-electron chi connectivity index (χ2n) is 11.3. The van der Waals surface area contributed by atoms with Crippen molar-refractivity contribution in [1.82, 2.24) is 10.3 Å². The number of hydrogen-bond donors (Lipinski definition) is 3. The lowest BCUT2D eigenvalue weighted by Crippen LogP contribution is -2.51. The molecule has 1 saturated heterocycles. The topological polar surface area (TPSA) is 82.2 Å². The molecular weight excluding hydrogens is 460 g/mol. The van der Waals surface area contributed by atoms with E-state index in [1.807, 2.05) is 25.3 Å². The maximum atomic E-state index is 14.1. The Hall–Kier alpha value is -3.18. The number of aliphatic hydroxyl groups is 1. The molecule has 2 heterocycles. The third-order valence-electron chi connectivity index (χ3n) is 8.95. The van der Waals surface area contributed by atoms with E-state index in [1.54, 1.807) is 12.2 Å². The van der Waals surface area contributed by atoms with Gasteiger partial charge in [0.25, 0.3) is 0 Å². The van der Waals surface area contributed by atoms with Crippen molar-refractivity contribution in [3.63, 3.8) is 0 Å². The molecule has 1 aromatic heterocycles. The number of nitrogens with one attached hydrogen (secondary N) is 2. The predicted octanol–water partition coefficient (Wildman–Crippen LogP) is 5.44. The number of allylic oxidation sites excluding steroid dienone is 6. The van der Waals surface area contributed by atoms with Gasteiger partial charge in [0.15, 0.2) is 5.78 Å². The summed E-state index contributed by atoms with van der Waals surface area (Å²) in [5.74, 6) is -0.527. The fourth-order valence-electron chi connectivity index (χ4n) is 6.87. The highest BCUT2D eigenvalue weighted by Gasteiger charge is 2.64. The summed E-state index contributed by atoms with van der Waals surface area (Å²) in [4.78, 5) is 31.5. The van der Waals surface area contributed by atoms with Crippen molar-refractivity contribution in [2.24, 2.45) is 29.1 Å². The summed E-state index contributed by atoms with van der Waals surface area (Å²) in [6.07, 6.45) is 14.9. The maximum Gasteiger partial charge on any atom is 0.235 e. The number of para-hydroxylation sites is 1. The SMILES string of the molecule is CC1=C[C@@H]2/C=C\C[C@H](C)/C=C(/C)[C@@H](O)C/C=C\C(=O)[C@@]23C(=O)N[C@@H](Cc2c[nH]c4ccccc24)[C@@H]3[C@@H]1C. The Balaban J connectivity index is 1.59. The number of aromatic amines is 1. The summed E-state index contributed by atoms with van der Waals surface area (Å²) in [6.45, 7) is 8.34. The molecule has 0 radical (unpaired) electrons. The molecule has 1 aromatic carbocycles. The van der Waals surface area contributed by atoms with Gasteiger partial charge in [0, 0.05) is 35.0 Å². The molecule has 3 N–H and O–H groups in total. The van der Waals surface area contributed by atoms with E-state index in [9.17, 15) is 14.7 Å². The second kappa shape index (κ2) is 9.94. The Morgan fingerprint density at radius 3 is 2.62 bits per heavy atom. The Kier molecular flexibility index (Phi) is 6.84. The fraction of sp³-hybridized carbons (Fsp3) is 0.438. The number of benzene rings is 1. The van der Waals surface area contributed by atoms with Crippen molar-refractivity contribution in [3.8, 4) is 0 Å². The zero-order chi connectivity index (χ0) is 26.3. The van der Waals surface area contributed by atoms with Crippen LogP contribution >= 0.6 is 0 Å². The lowest BCUT2D eigenvalue weighted by molar-refractivity contribution is -0.142. The van der Waals surface area contributed by atoms with E-state index in [1.165, 1.54) is 5.57 Å². The number of fused-ring (bicyclic) bond motifs is 1. The van der Waals surface area contributed by atoms with Crippen LogP contribution in [0.3, 0.4) is 0 Å². The molecule has 1 amide bonds. The smallest absolute Gasteiger partial charge is 0.235 e. The normalized spacial score (nSPS) is 37.6. The number of carbonyl (C=O) groups excluding carboxylic acids is 2. The molecule has 5 nitrogen and oxygen atoms in total. The Bertz CT molecular complexity index is 1330. The molecule has 0 saturated carbocycles. The van der Waals surface area contributed by atoms with Crippen LogP contribution in [-0.2, 0) is 16.0 Å². The minimum atomic E-state index is -1.20. The number of carbonyl (C=O) groups is 2. The standard InChI is InChI=1S/C32H38N2O3/c1-19-9-7-10-24-16-20(2)22(4)30-27(17-23-18-33-26-12-6-5-11-25(23)26)34-31(37)32(24,30)29(36)14-8-13-28(35)21(3)15-19/h5-8,10-12,14-16,18-19,22,24,27-28,30,33,35H,9,13,17H2,1-4H3,(H,34,37)/b10-7-,14-8-,21-15-/t19-,22+,24-,27-,28-,30-,32-/m0/s1. The number of aromatic nitrogens is 1. The van der Waals surface area contributed by atoms with Crippen molar-refractivity contribution in [3.05, 3.63) is 83.6 Å². The quantitative estimate of drug-likeness (QED) is 0.381. The first kappa shape index (κ1) is 25.5. The van der Waals surface area contributed by atoms with E-state index >= 15 is 0 Å². The van der Waals surface area contributed by atoms with Crippen LogP contribution in [0.25, 0.3) is 10.9 Å². The third-order valence-corrected chi connectivity index (χ3v) is 8.95. The van der Waals surface area contributed by atoms with Crippen LogP contribution < -0.4 is 5.32 Å². The van der Waals surface area contributed by atoms with Crippen molar-refractivity contribution in [2.75, 3.05) is 0 Å². The summed E-state index contributed by atoms with van der Waals surface area (Å²) >= 11 is 0. The lowest BCUT2D eigenvalue weighted by Gasteiger charge is -2.44. The van der Waals surface area contributed by atoms with Crippen molar-refractivity contribution in [2.45, 2.75) is 59.1 Å². The monoisotopic (exact) mass is 498 g/mol. The largest absolute Gasteiger partial charge is 0.388 e. The zero-order valence-electron chi connectivity index (χ0n) is 22.2. The first-order valence-electron chi connectivity index (χ1n) is 13.5. The number of rotatable bonds is 2.